The molecule has 0 heterocycles. The highest BCUT2D eigenvalue weighted by Gasteiger charge is 2.19. The van der Waals surface area contributed by atoms with Gasteiger partial charge in [0.05, 0.1) is 17.4 Å². The Morgan fingerprint density at radius 3 is 2.29 bits per heavy atom. The molecule has 1 unspecified atom stereocenters. The second-order valence-corrected chi connectivity index (χ2v) is 8.87. The molecule has 3 aromatic rings. The maximum Gasteiger partial charge on any atom is 0.338 e. The summed E-state index contributed by atoms with van der Waals surface area (Å²) in [6.07, 6.45) is 0.622. The summed E-state index contributed by atoms with van der Waals surface area (Å²) < 4.78 is 4.98. The number of hydrogen-bond donors (Lipinski definition) is 2. The van der Waals surface area contributed by atoms with Crippen molar-refractivity contribution in [2.45, 2.75) is 37.3 Å². The second-order valence-electron chi connectivity index (χ2n) is 7.60. The van der Waals surface area contributed by atoms with Gasteiger partial charge in [-0.1, -0.05) is 31.2 Å². The van der Waals surface area contributed by atoms with Gasteiger partial charge < -0.3 is 15.4 Å². The van der Waals surface area contributed by atoms with Gasteiger partial charge in [-0.05, 0) is 74.4 Å². The molecule has 0 bridgehead atoms. The molecule has 176 valence electrons. The third kappa shape index (κ3) is 6.71. The minimum atomic E-state index is -0.392. The first-order valence-electron chi connectivity index (χ1n) is 11.1. The molecule has 0 aliphatic rings. The largest absolute Gasteiger partial charge is 0.462 e. The van der Waals surface area contributed by atoms with Crippen LogP contribution >= 0.6 is 11.8 Å². The normalized spacial score (nSPS) is 11.4. The molecule has 34 heavy (non-hydrogen) atoms. The van der Waals surface area contributed by atoms with Crippen molar-refractivity contribution in [3.63, 3.8) is 0 Å². The van der Waals surface area contributed by atoms with Gasteiger partial charge in [-0.2, -0.15) is 0 Å². The van der Waals surface area contributed by atoms with Gasteiger partial charge in [0.25, 0.3) is 5.91 Å². The number of aryl methyl sites for hydroxylation is 1. The fourth-order valence-corrected chi connectivity index (χ4v) is 4.30. The van der Waals surface area contributed by atoms with Crippen molar-refractivity contribution < 1.29 is 19.1 Å². The summed E-state index contributed by atoms with van der Waals surface area (Å²) >= 11 is 1.43. The van der Waals surface area contributed by atoms with Crippen LogP contribution in [0, 0.1) is 6.92 Å². The van der Waals surface area contributed by atoms with E-state index < -0.39 is 5.97 Å². The van der Waals surface area contributed by atoms with Crippen molar-refractivity contribution in [3.05, 3.63) is 89.5 Å². The molecule has 0 fully saturated rings. The molecule has 3 aromatic carbocycles. The van der Waals surface area contributed by atoms with E-state index in [9.17, 15) is 14.4 Å². The molecule has 0 spiro atoms. The van der Waals surface area contributed by atoms with Gasteiger partial charge in [-0.25, -0.2) is 4.79 Å². The predicted octanol–water partition coefficient (Wildman–Crippen LogP) is 5.93. The molecule has 0 aromatic heterocycles. The zero-order chi connectivity index (χ0) is 24.5. The summed E-state index contributed by atoms with van der Waals surface area (Å²) in [6.45, 7) is 5.91. The third-order valence-electron chi connectivity index (χ3n) is 5.09. The number of ether oxygens (including phenoxy) is 1. The van der Waals surface area contributed by atoms with Crippen LogP contribution in [-0.2, 0) is 9.53 Å². The molecule has 0 radical (unpaired) electrons. The number of thioether (sulfide) groups is 1. The number of anilines is 2. The Labute approximate surface area is 204 Å². The van der Waals surface area contributed by atoms with Crippen LogP contribution in [0.4, 0.5) is 11.4 Å². The molecule has 7 heteroatoms. The van der Waals surface area contributed by atoms with Gasteiger partial charge in [0.2, 0.25) is 5.91 Å². The van der Waals surface area contributed by atoms with Crippen molar-refractivity contribution in [2.75, 3.05) is 17.2 Å². The average molecular weight is 477 g/mol. The lowest BCUT2D eigenvalue weighted by Gasteiger charge is -2.16. The van der Waals surface area contributed by atoms with Crippen molar-refractivity contribution in [1.29, 1.82) is 0 Å². The van der Waals surface area contributed by atoms with Crippen LogP contribution in [0.5, 0.6) is 0 Å². The zero-order valence-corrected chi connectivity index (χ0v) is 20.3. The Balaban J connectivity index is 1.63. The first-order valence-corrected chi connectivity index (χ1v) is 12.0. The molecule has 0 aliphatic heterocycles. The van der Waals surface area contributed by atoms with Crippen LogP contribution in [0.1, 0.15) is 46.5 Å². The van der Waals surface area contributed by atoms with Gasteiger partial charge in [-0.3, -0.25) is 9.59 Å². The van der Waals surface area contributed by atoms with Crippen LogP contribution in [0.15, 0.2) is 77.7 Å². The highest BCUT2D eigenvalue weighted by Crippen LogP contribution is 2.29. The first kappa shape index (κ1) is 25.1. The number of nitrogens with one attached hydrogen (secondary N) is 2. The van der Waals surface area contributed by atoms with E-state index in [0.717, 1.165) is 10.5 Å². The molecule has 2 N–H and O–H groups in total. The minimum Gasteiger partial charge on any atom is -0.462 e. The van der Waals surface area contributed by atoms with Crippen molar-refractivity contribution in [3.8, 4) is 0 Å². The highest BCUT2D eigenvalue weighted by molar-refractivity contribution is 8.00. The molecule has 3 rings (SSSR count). The van der Waals surface area contributed by atoms with Crippen molar-refractivity contribution >= 4 is 40.9 Å². The number of carbonyl (C=O) groups excluding carboxylic acids is 3. The van der Waals surface area contributed by atoms with Gasteiger partial charge >= 0.3 is 5.97 Å². The Bertz CT molecular complexity index is 1160. The van der Waals surface area contributed by atoms with Gasteiger partial charge in [0.1, 0.15) is 0 Å². The topological polar surface area (TPSA) is 84.5 Å². The molecule has 1 atom stereocenters. The Morgan fingerprint density at radius 1 is 0.882 bits per heavy atom. The SMILES string of the molecule is CCOC(=O)c1ccc(NC(=O)C(CC)Sc2cccc(NC(=O)c3ccccc3C)c2)cc1. The fourth-order valence-electron chi connectivity index (χ4n) is 3.29. The van der Waals surface area contributed by atoms with Crippen LogP contribution in [0.2, 0.25) is 0 Å². The van der Waals surface area contributed by atoms with Gasteiger partial charge in [0, 0.05) is 21.8 Å². The molecule has 2 amide bonds. The monoisotopic (exact) mass is 476 g/mol. The van der Waals surface area contributed by atoms with E-state index in [1.165, 1.54) is 11.8 Å². The van der Waals surface area contributed by atoms with Crippen LogP contribution in [-0.4, -0.2) is 29.6 Å². The zero-order valence-electron chi connectivity index (χ0n) is 19.5. The van der Waals surface area contributed by atoms with Crippen LogP contribution < -0.4 is 10.6 Å². The fraction of sp³-hybridized carbons (Fsp3) is 0.222. The molecular weight excluding hydrogens is 448 g/mol. The van der Waals surface area contributed by atoms with E-state index in [2.05, 4.69) is 10.6 Å². The van der Waals surface area contributed by atoms with E-state index in [1.807, 2.05) is 56.3 Å². The van der Waals surface area contributed by atoms with E-state index in [0.29, 0.717) is 35.5 Å². The van der Waals surface area contributed by atoms with Gasteiger partial charge in [-0.15, -0.1) is 11.8 Å². The third-order valence-corrected chi connectivity index (χ3v) is 6.44. The smallest absolute Gasteiger partial charge is 0.338 e. The Morgan fingerprint density at radius 2 is 1.62 bits per heavy atom. The predicted molar refractivity (Wildman–Crippen MR) is 137 cm³/mol. The Hall–Kier alpha value is -3.58. The lowest BCUT2D eigenvalue weighted by molar-refractivity contribution is -0.115. The van der Waals surface area contributed by atoms with E-state index >= 15 is 0 Å². The lowest BCUT2D eigenvalue weighted by atomic mass is 10.1. The standard InChI is InChI=1S/C27H28N2O4S/c1-4-24(26(31)28-20-15-13-19(14-16-20)27(32)33-5-2)34-22-11-8-10-21(17-22)29-25(30)23-12-7-6-9-18(23)3/h6-17,24H,4-5H2,1-3H3,(H,28,31)(H,29,30). The lowest BCUT2D eigenvalue weighted by Crippen LogP contribution is -2.24. The van der Waals surface area contributed by atoms with Crippen LogP contribution in [0.3, 0.4) is 0 Å². The number of esters is 1. The second kappa shape index (κ2) is 12.0. The number of rotatable bonds is 9. The van der Waals surface area contributed by atoms with E-state index in [1.54, 1.807) is 37.3 Å². The molecule has 6 nitrogen and oxygen atoms in total. The molecule has 0 aliphatic carbocycles. The summed E-state index contributed by atoms with van der Waals surface area (Å²) in [5.74, 6) is -0.696. The highest BCUT2D eigenvalue weighted by atomic mass is 32.2. The number of benzene rings is 3. The summed E-state index contributed by atoms with van der Waals surface area (Å²) in [6, 6.07) is 21.5. The number of carbonyl (C=O) groups is 3. The van der Waals surface area contributed by atoms with Crippen molar-refractivity contribution in [1.82, 2.24) is 0 Å². The Kier molecular flexibility index (Phi) is 8.87. The summed E-state index contributed by atoms with van der Waals surface area (Å²) in [5, 5.41) is 5.51. The maximum atomic E-state index is 12.9. The van der Waals surface area contributed by atoms with E-state index in [-0.39, 0.29) is 17.1 Å². The first-order chi connectivity index (χ1) is 16.4. The maximum absolute atomic E-state index is 12.9. The summed E-state index contributed by atoms with van der Waals surface area (Å²) in [5.41, 5.74) is 3.24. The summed E-state index contributed by atoms with van der Waals surface area (Å²) in [4.78, 5) is 38.2. The van der Waals surface area contributed by atoms with E-state index in [4.69, 9.17) is 4.74 Å². The molecule has 0 saturated carbocycles. The van der Waals surface area contributed by atoms with Crippen LogP contribution in [0.25, 0.3) is 0 Å². The van der Waals surface area contributed by atoms with Gasteiger partial charge in [0.15, 0.2) is 0 Å². The molecular formula is C27H28N2O4S. The summed E-state index contributed by atoms with van der Waals surface area (Å²) in [7, 11) is 0. The average Bonchev–Trinajstić information content (AvgIpc) is 2.83. The quantitative estimate of drug-likeness (QED) is 0.295. The number of amides is 2. The number of hydrogen-bond acceptors (Lipinski definition) is 5. The molecule has 0 saturated heterocycles. The minimum absolute atomic E-state index is 0.134. The van der Waals surface area contributed by atoms with Crippen molar-refractivity contribution in [2.24, 2.45) is 0 Å².